The first kappa shape index (κ1) is 24.0. The van der Waals surface area contributed by atoms with Crippen molar-refractivity contribution >= 4 is 29.2 Å². The van der Waals surface area contributed by atoms with Crippen molar-refractivity contribution in [2.24, 2.45) is 5.92 Å². The van der Waals surface area contributed by atoms with Crippen molar-refractivity contribution in [2.75, 3.05) is 43.1 Å². The van der Waals surface area contributed by atoms with Crippen LogP contribution in [-0.4, -0.2) is 55.6 Å². The molecule has 1 unspecified atom stereocenters. The highest BCUT2D eigenvalue weighted by atomic mass is 16.5. The maximum Gasteiger partial charge on any atom is 0.325 e. The zero-order valence-corrected chi connectivity index (χ0v) is 20.7. The predicted molar refractivity (Wildman–Crippen MR) is 135 cm³/mol. The van der Waals surface area contributed by atoms with Gasteiger partial charge in [-0.15, -0.1) is 0 Å². The third-order valence-electron chi connectivity index (χ3n) is 7.20. The first-order chi connectivity index (χ1) is 17.3. The summed E-state index contributed by atoms with van der Waals surface area (Å²) in [5.41, 5.74) is 0.998. The number of nitrogens with zero attached hydrogens (tertiary/aromatic N) is 2. The SMILES string of the molecule is CC1CCN(c2ccc(NC(=O)CN3C(=O)NC(C)(c4ccc5c(c4)OCCCO5)C3=O)cc2)CC1. The van der Waals surface area contributed by atoms with E-state index >= 15 is 0 Å². The number of rotatable bonds is 5. The number of carbonyl (C=O) groups excluding carboxylic acids is 3. The number of fused-ring (bicyclic) bond motifs is 1. The van der Waals surface area contributed by atoms with Crippen molar-refractivity contribution in [1.29, 1.82) is 0 Å². The number of ether oxygens (including phenoxy) is 2. The summed E-state index contributed by atoms with van der Waals surface area (Å²) >= 11 is 0. The minimum atomic E-state index is -1.31. The highest BCUT2D eigenvalue weighted by molar-refractivity contribution is 6.10. The van der Waals surface area contributed by atoms with E-state index in [9.17, 15) is 14.4 Å². The molecule has 190 valence electrons. The van der Waals surface area contributed by atoms with E-state index in [1.807, 2.05) is 24.3 Å². The molecule has 4 amide bonds. The lowest BCUT2D eigenvalue weighted by atomic mass is 9.91. The van der Waals surface area contributed by atoms with E-state index in [1.54, 1.807) is 25.1 Å². The Bertz CT molecular complexity index is 1160. The molecular formula is C27H32N4O5. The van der Waals surface area contributed by atoms with Crippen LogP contribution in [0.25, 0.3) is 0 Å². The molecule has 1 atom stereocenters. The van der Waals surface area contributed by atoms with E-state index in [4.69, 9.17) is 9.47 Å². The van der Waals surface area contributed by atoms with Gasteiger partial charge in [-0.1, -0.05) is 13.0 Å². The largest absolute Gasteiger partial charge is 0.490 e. The van der Waals surface area contributed by atoms with Crippen LogP contribution >= 0.6 is 0 Å². The lowest BCUT2D eigenvalue weighted by molar-refractivity contribution is -0.133. The summed E-state index contributed by atoms with van der Waals surface area (Å²) in [4.78, 5) is 42.0. The lowest BCUT2D eigenvalue weighted by Crippen LogP contribution is -2.42. The fraction of sp³-hybridized carbons (Fsp3) is 0.444. The minimum absolute atomic E-state index is 0.378. The third kappa shape index (κ3) is 4.69. The highest BCUT2D eigenvalue weighted by Gasteiger charge is 2.49. The molecule has 0 saturated carbocycles. The van der Waals surface area contributed by atoms with Crippen LogP contribution in [0.4, 0.5) is 16.2 Å². The summed E-state index contributed by atoms with van der Waals surface area (Å²) in [5.74, 6) is 0.958. The van der Waals surface area contributed by atoms with Gasteiger partial charge in [-0.25, -0.2) is 4.79 Å². The summed E-state index contributed by atoms with van der Waals surface area (Å²) < 4.78 is 11.4. The number of urea groups is 1. The number of hydrogen-bond acceptors (Lipinski definition) is 6. The molecule has 0 aromatic heterocycles. The van der Waals surface area contributed by atoms with Gasteiger partial charge in [-0.3, -0.25) is 14.5 Å². The topological polar surface area (TPSA) is 100 Å². The zero-order valence-electron chi connectivity index (χ0n) is 20.7. The maximum atomic E-state index is 13.3. The summed E-state index contributed by atoms with van der Waals surface area (Å²) in [7, 11) is 0. The maximum absolute atomic E-state index is 13.3. The molecule has 36 heavy (non-hydrogen) atoms. The van der Waals surface area contributed by atoms with Gasteiger partial charge in [0.2, 0.25) is 5.91 Å². The van der Waals surface area contributed by atoms with Gasteiger partial charge in [0.05, 0.1) is 13.2 Å². The Labute approximate surface area is 210 Å². The number of piperidine rings is 1. The van der Waals surface area contributed by atoms with Crippen LogP contribution in [0, 0.1) is 5.92 Å². The summed E-state index contributed by atoms with van der Waals surface area (Å²) in [5, 5.41) is 5.53. The van der Waals surface area contributed by atoms with Crippen LogP contribution < -0.4 is 25.0 Å². The second-order valence-electron chi connectivity index (χ2n) is 9.92. The Morgan fingerprint density at radius 1 is 1.06 bits per heavy atom. The monoisotopic (exact) mass is 492 g/mol. The molecular weight excluding hydrogens is 460 g/mol. The predicted octanol–water partition coefficient (Wildman–Crippen LogP) is 3.49. The van der Waals surface area contributed by atoms with Gasteiger partial charge >= 0.3 is 6.03 Å². The Balaban J connectivity index is 1.23. The highest BCUT2D eigenvalue weighted by Crippen LogP contribution is 2.36. The second-order valence-corrected chi connectivity index (χ2v) is 9.92. The van der Waals surface area contributed by atoms with Crippen molar-refractivity contribution in [3.8, 4) is 11.5 Å². The van der Waals surface area contributed by atoms with Gasteiger partial charge in [0.15, 0.2) is 11.5 Å². The molecule has 2 N–H and O–H groups in total. The second kappa shape index (κ2) is 9.72. The number of nitrogens with one attached hydrogen (secondary N) is 2. The van der Waals surface area contributed by atoms with Crippen molar-refractivity contribution < 1.29 is 23.9 Å². The quantitative estimate of drug-likeness (QED) is 0.620. The van der Waals surface area contributed by atoms with E-state index in [-0.39, 0.29) is 6.54 Å². The van der Waals surface area contributed by atoms with Crippen LogP contribution in [-0.2, 0) is 15.1 Å². The standard InChI is InChI=1S/C27H32N4O5/c1-18-10-12-30(13-11-18)21-7-5-20(6-8-21)28-24(32)17-31-25(33)27(2,29-26(31)34)19-4-9-22-23(16-19)36-15-3-14-35-22/h4-9,16,18H,3,10-15,17H2,1-2H3,(H,28,32)(H,29,34). The van der Waals surface area contributed by atoms with Gasteiger partial charge in [0, 0.05) is 30.9 Å². The molecule has 3 aliphatic rings. The van der Waals surface area contributed by atoms with E-state index in [0.29, 0.717) is 36.0 Å². The average Bonchev–Trinajstić information content (AvgIpc) is 3.02. The van der Waals surface area contributed by atoms with Crippen LogP contribution in [0.1, 0.15) is 38.7 Å². The Morgan fingerprint density at radius 3 is 2.47 bits per heavy atom. The molecule has 0 aliphatic carbocycles. The fourth-order valence-corrected chi connectivity index (χ4v) is 4.88. The molecule has 2 aromatic rings. The molecule has 3 heterocycles. The summed E-state index contributed by atoms with van der Waals surface area (Å²) in [6.45, 7) is 6.66. The Morgan fingerprint density at radius 2 is 1.75 bits per heavy atom. The summed E-state index contributed by atoms with van der Waals surface area (Å²) in [6, 6.07) is 12.2. The molecule has 3 aliphatic heterocycles. The molecule has 0 radical (unpaired) electrons. The molecule has 0 bridgehead atoms. The number of amides is 4. The molecule has 5 rings (SSSR count). The van der Waals surface area contributed by atoms with Gasteiger partial charge in [-0.05, 0) is 67.6 Å². The number of imide groups is 1. The lowest BCUT2D eigenvalue weighted by Gasteiger charge is -2.32. The van der Waals surface area contributed by atoms with E-state index in [1.165, 1.54) is 12.8 Å². The first-order valence-electron chi connectivity index (χ1n) is 12.5. The van der Waals surface area contributed by atoms with E-state index in [2.05, 4.69) is 22.5 Å². The molecule has 0 spiro atoms. The minimum Gasteiger partial charge on any atom is -0.490 e. The Hall–Kier alpha value is -3.75. The molecule has 2 saturated heterocycles. The Kier molecular flexibility index (Phi) is 6.47. The van der Waals surface area contributed by atoms with Crippen molar-refractivity contribution in [1.82, 2.24) is 10.2 Å². The normalized spacial score (nSPS) is 22.3. The van der Waals surface area contributed by atoms with Crippen LogP contribution in [0.15, 0.2) is 42.5 Å². The van der Waals surface area contributed by atoms with Crippen LogP contribution in [0.3, 0.4) is 0 Å². The van der Waals surface area contributed by atoms with Gasteiger partial charge in [-0.2, -0.15) is 0 Å². The average molecular weight is 493 g/mol. The number of anilines is 2. The molecule has 2 aromatic carbocycles. The van der Waals surface area contributed by atoms with Crippen LogP contribution in [0.5, 0.6) is 11.5 Å². The van der Waals surface area contributed by atoms with E-state index < -0.39 is 23.4 Å². The number of hydrogen-bond donors (Lipinski definition) is 2. The van der Waals surface area contributed by atoms with Crippen molar-refractivity contribution in [3.63, 3.8) is 0 Å². The molecule has 2 fully saturated rings. The van der Waals surface area contributed by atoms with Gasteiger partial charge < -0.3 is 25.0 Å². The summed E-state index contributed by atoms with van der Waals surface area (Å²) in [6.07, 6.45) is 3.12. The third-order valence-corrected chi connectivity index (χ3v) is 7.20. The van der Waals surface area contributed by atoms with Crippen molar-refractivity contribution in [2.45, 2.75) is 38.6 Å². The van der Waals surface area contributed by atoms with Gasteiger partial charge in [0.25, 0.3) is 5.91 Å². The first-order valence-corrected chi connectivity index (χ1v) is 12.5. The molecule has 9 nitrogen and oxygen atoms in total. The molecule has 9 heteroatoms. The van der Waals surface area contributed by atoms with Crippen LogP contribution in [0.2, 0.25) is 0 Å². The number of carbonyl (C=O) groups is 3. The van der Waals surface area contributed by atoms with Crippen molar-refractivity contribution in [3.05, 3.63) is 48.0 Å². The zero-order chi connectivity index (χ0) is 25.3. The fourth-order valence-electron chi connectivity index (χ4n) is 4.88. The van der Waals surface area contributed by atoms with Gasteiger partial charge in [0.1, 0.15) is 12.1 Å². The number of benzene rings is 2. The smallest absolute Gasteiger partial charge is 0.325 e. The van der Waals surface area contributed by atoms with E-state index in [0.717, 1.165) is 36.0 Å².